The third-order valence-corrected chi connectivity index (χ3v) is 9.85. The Balaban J connectivity index is 1.55. The van der Waals surface area contributed by atoms with Crippen molar-refractivity contribution < 1.29 is 23.4 Å². The van der Waals surface area contributed by atoms with E-state index in [0.717, 1.165) is 22.6 Å². The molecule has 0 aliphatic carbocycles. The molecule has 222 valence electrons. The summed E-state index contributed by atoms with van der Waals surface area (Å²) in [6, 6.07) is 40.1. The Kier molecular flexibility index (Phi) is 12.9. The average Bonchev–Trinajstić information content (AvgIpc) is 3.05. The molecule has 0 spiro atoms. The number of benzene rings is 4. The summed E-state index contributed by atoms with van der Waals surface area (Å²) in [6.45, 7) is 0.610. The highest BCUT2D eigenvalue weighted by Crippen LogP contribution is 2.35. The molecule has 0 aliphatic rings. The minimum Gasteiger partial charge on any atom is -0.374 e. The van der Waals surface area contributed by atoms with E-state index in [2.05, 4.69) is 24.3 Å². The Bertz CT molecular complexity index is 1370. The Morgan fingerprint density at radius 2 is 1.10 bits per heavy atom. The van der Waals surface area contributed by atoms with Gasteiger partial charge in [-0.1, -0.05) is 121 Å². The first kappa shape index (κ1) is 30.9. The third-order valence-electron chi connectivity index (χ3n) is 6.37. The van der Waals surface area contributed by atoms with Crippen molar-refractivity contribution in [1.29, 1.82) is 0 Å². The van der Waals surface area contributed by atoms with Gasteiger partial charge in [0.1, 0.15) is 6.10 Å². The molecule has 0 fully saturated rings. The lowest BCUT2D eigenvalue weighted by molar-refractivity contribution is -0.0686. The van der Waals surface area contributed by atoms with Crippen molar-refractivity contribution in [1.82, 2.24) is 0 Å². The van der Waals surface area contributed by atoms with Crippen LogP contribution >= 0.6 is 23.5 Å². The Morgan fingerprint density at radius 3 is 1.57 bits per heavy atom. The zero-order valence-corrected chi connectivity index (χ0v) is 25.9. The maximum Gasteiger partial charge on any atom is 0.264 e. The molecule has 0 aromatic heterocycles. The second-order valence-electron chi connectivity index (χ2n) is 9.79. The fourth-order valence-electron chi connectivity index (χ4n) is 4.26. The summed E-state index contributed by atoms with van der Waals surface area (Å²) in [6.07, 6.45) is -1.87. The number of rotatable bonds is 18. The molecule has 0 saturated carbocycles. The van der Waals surface area contributed by atoms with E-state index < -0.39 is 28.6 Å². The lowest BCUT2D eigenvalue weighted by Gasteiger charge is -2.29. The van der Waals surface area contributed by atoms with E-state index in [1.165, 1.54) is 11.1 Å². The maximum absolute atomic E-state index is 12.6. The highest BCUT2D eigenvalue weighted by atomic mass is 32.2. The fraction of sp³-hybridized carbons (Fsp3) is 0.294. The summed E-state index contributed by atoms with van der Waals surface area (Å²) >= 11 is 3.61. The molecule has 0 N–H and O–H groups in total. The van der Waals surface area contributed by atoms with Crippen LogP contribution in [0.4, 0.5) is 0 Å². The van der Waals surface area contributed by atoms with Crippen molar-refractivity contribution in [3.63, 3.8) is 0 Å². The van der Waals surface area contributed by atoms with E-state index in [1.807, 2.05) is 97.1 Å². The van der Waals surface area contributed by atoms with Crippen molar-refractivity contribution in [3.8, 4) is 0 Å². The van der Waals surface area contributed by atoms with Crippen LogP contribution in [-0.4, -0.2) is 38.0 Å². The van der Waals surface area contributed by atoms with Gasteiger partial charge >= 0.3 is 0 Å². The molecule has 0 radical (unpaired) electrons. The van der Waals surface area contributed by atoms with Gasteiger partial charge in [-0.05, 0) is 28.7 Å². The van der Waals surface area contributed by atoms with Gasteiger partial charge in [0.25, 0.3) is 10.1 Å². The van der Waals surface area contributed by atoms with Gasteiger partial charge in [0.2, 0.25) is 0 Å². The quantitative estimate of drug-likeness (QED) is 0.0831. The first-order chi connectivity index (χ1) is 21.0. The van der Waals surface area contributed by atoms with Crippen LogP contribution in [0.3, 0.4) is 0 Å². The summed E-state index contributed by atoms with van der Waals surface area (Å²) in [7, 11) is -4.09. The van der Waals surface area contributed by atoms with E-state index >= 15 is 0 Å². The standard InChI is InChI=1S/C34H38O5S3/c1-42(35,36)39-33(25-37-23-28-14-6-2-7-15-28)32(38-24-29-16-8-3-9-17-29)22-34(40-26-30-18-10-4-11-19-30)41-27-31-20-12-5-13-21-31/h2-21,32-34H,22-27H2,1H3/t32-,33-/m1/s1/i1D. The van der Waals surface area contributed by atoms with E-state index in [-0.39, 0.29) is 11.2 Å². The number of thioether (sulfide) groups is 2. The second-order valence-corrected chi connectivity index (χ2v) is 13.8. The van der Waals surface area contributed by atoms with Gasteiger partial charge in [0.05, 0.1) is 36.7 Å². The van der Waals surface area contributed by atoms with Gasteiger partial charge in [-0.25, -0.2) is 0 Å². The highest BCUT2D eigenvalue weighted by molar-refractivity contribution is 8.16. The van der Waals surface area contributed by atoms with Crippen LogP contribution < -0.4 is 0 Å². The molecule has 0 bridgehead atoms. The molecule has 4 rings (SSSR count). The minimum atomic E-state index is -4.09. The lowest BCUT2D eigenvalue weighted by atomic mass is 10.1. The van der Waals surface area contributed by atoms with Crippen LogP contribution in [-0.2, 0) is 48.5 Å². The maximum atomic E-state index is 12.6. The molecular weight excluding hydrogens is 585 g/mol. The fourth-order valence-corrected chi connectivity index (χ4v) is 7.40. The highest BCUT2D eigenvalue weighted by Gasteiger charge is 2.30. The van der Waals surface area contributed by atoms with Crippen LogP contribution in [0.15, 0.2) is 121 Å². The lowest BCUT2D eigenvalue weighted by Crippen LogP contribution is -2.38. The van der Waals surface area contributed by atoms with Crippen molar-refractivity contribution in [2.45, 2.75) is 47.9 Å². The van der Waals surface area contributed by atoms with Crippen molar-refractivity contribution in [2.75, 3.05) is 12.8 Å². The zero-order valence-electron chi connectivity index (χ0n) is 24.5. The normalized spacial score (nSPS) is 13.5. The molecular formula is C34H38O5S3. The average molecular weight is 624 g/mol. The van der Waals surface area contributed by atoms with Crippen LogP contribution in [0.5, 0.6) is 0 Å². The topological polar surface area (TPSA) is 61.8 Å². The Morgan fingerprint density at radius 1 is 0.643 bits per heavy atom. The largest absolute Gasteiger partial charge is 0.374 e. The Hall–Kier alpha value is -2.59. The van der Waals surface area contributed by atoms with E-state index in [0.29, 0.717) is 19.6 Å². The molecule has 5 nitrogen and oxygen atoms in total. The molecule has 0 unspecified atom stereocenters. The molecule has 0 heterocycles. The third kappa shape index (κ3) is 12.3. The molecule has 2 atom stereocenters. The zero-order chi connectivity index (χ0) is 30.2. The van der Waals surface area contributed by atoms with E-state index in [9.17, 15) is 8.42 Å². The molecule has 0 saturated heterocycles. The number of hydrogen-bond donors (Lipinski definition) is 0. The van der Waals surface area contributed by atoms with Crippen LogP contribution in [0.2, 0.25) is 0 Å². The Labute approximate surface area is 260 Å². The summed E-state index contributed by atoms with van der Waals surface area (Å²) in [5, 5.41) is 0. The van der Waals surface area contributed by atoms with Crippen molar-refractivity contribution in [2.24, 2.45) is 0 Å². The second kappa shape index (κ2) is 17.5. The molecule has 0 amide bonds. The van der Waals surface area contributed by atoms with Gasteiger partial charge in [0.15, 0.2) is 0 Å². The first-order valence-corrected chi connectivity index (χ1v) is 17.5. The predicted molar refractivity (Wildman–Crippen MR) is 175 cm³/mol. The predicted octanol–water partition coefficient (Wildman–Crippen LogP) is 7.72. The van der Waals surface area contributed by atoms with E-state index in [1.54, 1.807) is 23.5 Å². The number of ether oxygens (including phenoxy) is 2. The van der Waals surface area contributed by atoms with Gasteiger partial charge in [0, 0.05) is 12.9 Å². The smallest absolute Gasteiger partial charge is 0.264 e. The SMILES string of the molecule is [2H]CS(=O)(=O)O[C@H](COCc1ccccc1)[C@@H](CC(SCc1ccccc1)SCc1ccccc1)OCc1ccccc1. The van der Waals surface area contributed by atoms with Gasteiger partial charge in [-0.2, -0.15) is 8.42 Å². The monoisotopic (exact) mass is 623 g/mol. The first-order valence-electron chi connectivity index (χ1n) is 14.5. The molecule has 4 aromatic rings. The number of hydrogen-bond acceptors (Lipinski definition) is 7. The van der Waals surface area contributed by atoms with Crippen LogP contribution in [0, 0.1) is 0 Å². The van der Waals surface area contributed by atoms with Crippen LogP contribution in [0.1, 0.15) is 30.0 Å². The van der Waals surface area contributed by atoms with Crippen molar-refractivity contribution in [3.05, 3.63) is 144 Å². The molecule has 0 aliphatic heterocycles. The molecule has 42 heavy (non-hydrogen) atoms. The minimum absolute atomic E-state index is 0.00695. The van der Waals surface area contributed by atoms with Crippen LogP contribution in [0.25, 0.3) is 0 Å². The van der Waals surface area contributed by atoms with E-state index in [4.69, 9.17) is 15.0 Å². The summed E-state index contributed by atoms with van der Waals surface area (Å²) < 4.78 is 50.9. The summed E-state index contributed by atoms with van der Waals surface area (Å²) in [5.41, 5.74) is 4.39. The molecule has 4 aromatic carbocycles. The van der Waals surface area contributed by atoms with Gasteiger partial charge < -0.3 is 9.47 Å². The van der Waals surface area contributed by atoms with Gasteiger partial charge in [-0.3, -0.25) is 4.18 Å². The molecule has 8 heteroatoms. The summed E-state index contributed by atoms with van der Waals surface area (Å²) in [4.78, 5) is 0. The van der Waals surface area contributed by atoms with Crippen molar-refractivity contribution >= 4 is 33.6 Å². The summed E-state index contributed by atoms with van der Waals surface area (Å²) in [5.74, 6) is 1.61. The van der Waals surface area contributed by atoms with Gasteiger partial charge in [-0.15, -0.1) is 23.5 Å².